The van der Waals surface area contributed by atoms with Gasteiger partial charge in [-0.25, -0.2) is 12.4 Å². The average molecular weight is 530 g/mol. The van der Waals surface area contributed by atoms with Crippen molar-refractivity contribution >= 4 is 32.5 Å². The van der Waals surface area contributed by atoms with E-state index in [0.717, 1.165) is 3.97 Å². The zero-order chi connectivity index (χ0) is 27.1. The van der Waals surface area contributed by atoms with Crippen LogP contribution in [0.4, 0.5) is 5.69 Å². The maximum Gasteiger partial charge on any atom is 0.273 e. The van der Waals surface area contributed by atoms with Gasteiger partial charge in [0.15, 0.2) is 0 Å². The van der Waals surface area contributed by atoms with Gasteiger partial charge in [0, 0.05) is 41.5 Å². The fourth-order valence-corrected chi connectivity index (χ4v) is 6.51. The summed E-state index contributed by atoms with van der Waals surface area (Å²) in [6.45, 7) is 4.86. The third-order valence-corrected chi connectivity index (χ3v) is 9.37. The first-order valence-corrected chi connectivity index (χ1v) is 13.5. The molecule has 1 aliphatic carbocycles. The van der Waals surface area contributed by atoms with E-state index in [-0.39, 0.29) is 11.4 Å². The molecule has 2 aromatic heterocycles. The number of para-hydroxylation sites is 1. The lowest BCUT2D eigenvalue weighted by molar-refractivity contribution is -0.114. The molecule has 4 aromatic rings. The van der Waals surface area contributed by atoms with Gasteiger partial charge in [-0.05, 0) is 56.7 Å². The number of carbonyl (C=O) groups excluding carboxylic acids is 1. The highest BCUT2D eigenvalue weighted by Crippen LogP contribution is 2.40. The van der Waals surface area contributed by atoms with Crippen LogP contribution in [0.3, 0.4) is 0 Å². The van der Waals surface area contributed by atoms with Crippen molar-refractivity contribution in [2.24, 2.45) is 0 Å². The minimum Gasteiger partial charge on any atom is -0.457 e. The molecule has 2 heterocycles. The number of fused-ring (bicyclic) bond motifs is 1. The van der Waals surface area contributed by atoms with Gasteiger partial charge in [0.2, 0.25) is 15.9 Å². The summed E-state index contributed by atoms with van der Waals surface area (Å²) in [6, 6.07) is 16.0. The predicted molar refractivity (Wildman–Crippen MR) is 149 cm³/mol. The number of allylic oxidation sites excluding steroid dienone is 3. The first-order chi connectivity index (χ1) is 18.1. The van der Waals surface area contributed by atoms with Gasteiger partial charge in [-0.3, -0.25) is 9.59 Å². The summed E-state index contributed by atoms with van der Waals surface area (Å²) in [5.74, 6) is 0.828. The van der Waals surface area contributed by atoms with Crippen LogP contribution >= 0.6 is 0 Å². The lowest BCUT2D eigenvalue weighted by Gasteiger charge is -2.31. The summed E-state index contributed by atoms with van der Waals surface area (Å²) in [4.78, 5) is 27.5. The molecule has 194 valence electrons. The number of nitrogens with one attached hydrogen (secondary N) is 2. The van der Waals surface area contributed by atoms with Crippen molar-refractivity contribution < 1.29 is 17.9 Å². The molecule has 1 aliphatic rings. The van der Waals surface area contributed by atoms with Crippen molar-refractivity contribution in [3.05, 3.63) is 101 Å². The summed E-state index contributed by atoms with van der Waals surface area (Å²) >= 11 is 0. The highest BCUT2D eigenvalue weighted by Gasteiger charge is 2.42. The number of rotatable bonds is 6. The number of anilines is 1. The number of ether oxygens (including phenoxy) is 1. The van der Waals surface area contributed by atoms with Crippen LogP contribution in [0, 0.1) is 0 Å². The van der Waals surface area contributed by atoms with E-state index in [1.165, 1.54) is 19.3 Å². The summed E-state index contributed by atoms with van der Waals surface area (Å²) in [5, 5.41) is 3.20. The highest BCUT2D eigenvalue weighted by molar-refractivity contribution is 7.91. The molecule has 1 atom stereocenters. The molecule has 2 N–H and O–H groups in total. The average Bonchev–Trinajstić information content (AvgIpc) is 3.34. The van der Waals surface area contributed by atoms with Gasteiger partial charge in [-0.15, -0.1) is 0 Å². The molecule has 0 fully saturated rings. The molecule has 9 heteroatoms. The number of H-pyrrole nitrogens is 1. The topological polar surface area (TPSA) is 110 Å². The number of aromatic amines is 1. The Kier molecular flexibility index (Phi) is 6.32. The number of carbonyl (C=O) groups is 1. The number of pyridine rings is 1. The number of nitrogens with zero attached hydrogens (tertiary/aromatic N) is 1. The normalized spacial score (nSPS) is 17.3. The molecule has 0 spiro atoms. The largest absolute Gasteiger partial charge is 0.457 e. The Labute approximate surface area is 220 Å². The molecule has 1 amide bonds. The van der Waals surface area contributed by atoms with E-state index in [4.69, 9.17) is 4.74 Å². The molecule has 0 saturated carbocycles. The zero-order valence-electron chi connectivity index (χ0n) is 21.2. The van der Waals surface area contributed by atoms with E-state index in [1.807, 2.05) is 42.5 Å². The second kappa shape index (κ2) is 9.50. The van der Waals surface area contributed by atoms with Crippen molar-refractivity contribution in [2.75, 3.05) is 5.32 Å². The van der Waals surface area contributed by atoms with E-state index in [0.29, 0.717) is 45.7 Å². The summed E-state index contributed by atoms with van der Waals surface area (Å²) in [5.41, 5.74) is 1.82. The number of hydrogen-bond donors (Lipinski definition) is 2. The zero-order valence-corrected chi connectivity index (χ0v) is 22.0. The Bertz CT molecular complexity index is 1780. The van der Waals surface area contributed by atoms with Crippen molar-refractivity contribution in [3.63, 3.8) is 0 Å². The molecule has 38 heavy (non-hydrogen) atoms. The summed E-state index contributed by atoms with van der Waals surface area (Å²) in [7, 11) is -4.01. The molecular weight excluding hydrogens is 502 g/mol. The fourth-order valence-electron chi connectivity index (χ4n) is 4.66. The van der Waals surface area contributed by atoms with Crippen LogP contribution in [0.25, 0.3) is 22.0 Å². The Morgan fingerprint density at radius 3 is 2.58 bits per heavy atom. The van der Waals surface area contributed by atoms with E-state index in [9.17, 15) is 18.0 Å². The lowest BCUT2D eigenvalue weighted by atomic mass is 9.94. The van der Waals surface area contributed by atoms with Gasteiger partial charge in [0.1, 0.15) is 21.8 Å². The second-order valence-corrected chi connectivity index (χ2v) is 11.7. The minimum atomic E-state index is -4.01. The standard InChI is InChI=1S/C29H27N3O5S/c1-19-9-7-8-15-29(19,3)38(35,36)32-16-14-23-25(18-30-28(34)27(23)32)24-17-21(31-20(2)33)12-13-26(24)37-22-10-5-4-6-11-22/h4-14,16-18H,15H2,1-3H3,(H,30,34)(H,31,33). The quantitative estimate of drug-likeness (QED) is 0.338. The van der Waals surface area contributed by atoms with Crippen molar-refractivity contribution in [2.45, 2.75) is 31.9 Å². The molecular formula is C29H27N3O5S. The first kappa shape index (κ1) is 25.3. The van der Waals surface area contributed by atoms with Crippen LogP contribution < -0.4 is 15.6 Å². The smallest absolute Gasteiger partial charge is 0.273 e. The number of amides is 1. The third-order valence-electron chi connectivity index (χ3n) is 6.92. The van der Waals surface area contributed by atoms with Crippen molar-refractivity contribution in [1.82, 2.24) is 8.96 Å². The Balaban J connectivity index is 1.72. The van der Waals surface area contributed by atoms with Crippen LogP contribution in [-0.2, 0) is 14.8 Å². The molecule has 5 rings (SSSR count). The van der Waals surface area contributed by atoms with Crippen LogP contribution in [0.5, 0.6) is 11.5 Å². The van der Waals surface area contributed by atoms with Gasteiger partial charge >= 0.3 is 0 Å². The van der Waals surface area contributed by atoms with Gasteiger partial charge in [0.05, 0.1) is 0 Å². The lowest BCUT2D eigenvalue weighted by Crippen LogP contribution is -2.41. The Morgan fingerprint density at radius 1 is 1.11 bits per heavy atom. The molecule has 1 unspecified atom stereocenters. The molecule has 2 aromatic carbocycles. The monoisotopic (exact) mass is 529 g/mol. The maximum atomic E-state index is 13.9. The SMILES string of the molecule is CC(=O)Nc1ccc(Oc2ccccc2)c(-c2c[nH]c(=O)c3c2ccn3S(=O)(=O)C2(C)CC=CC=C2C)c1. The highest BCUT2D eigenvalue weighted by atomic mass is 32.2. The summed E-state index contributed by atoms with van der Waals surface area (Å²) in [6.07, 6.45) is 8.67. The van der Waals surface area contributed by atoms with Crippen LogP contribution in [0.2, 0.25) is 0 Å². The third kappa shape index (κ3) is 4.24. The maximum absolute atomic E-state index is 13.9. The van der Waals surface area contributed by atoms with E-state index in [1.54, 1.807) is 44.2 Å². The summed E-state index contributed by atoms with van der Waals surface area (Å²) < 4.78 is 33.9. The molecule has 0 saturated heterocycles. The van der Waals surface area contributed by atoms with E-state index >= 15 is 0 Å². The predicted octanol–water partition coefficient (Wildman–Crippen LogP) is 5.59. The molecule has 8 nitrogen and oxygen atoms in total. The first-order valence-electron chi connectivity index (χ1n) is 12.1. The van der Waals surface area contributed by atoms with Crippen molar-refractivity contribution in [3.8, 4) is 22.6 Å². The fraction of sp³-hybridized carbons (Fsp3) is 0.172. The van der Waals surface area contributed by atoms with Gasteiger partial charge < -0.3 is 15.0 Å². The number of hydrogen-bond acceptors (Lipinski definition) is 5. The Hall–Kier alpha value is -4.37. The molecule has 0 bridgehead atoms. The number of aromatic nitrogens is 2. The van der Waals surface area contributed by atoms with Crippen LogP contribution in [0.15, 0.2) is 95.6 Å². The van der Waals surface area contributed by atoms with E-state index < -0.39 is 20.3 Å². The Morgan fingerprint density at radius 2 is 1.87 bits per heavy atom. The molecule has 0 radical (unpaired) electrons. The van der Waals surface area contributed by atoms with Crippen LogP contribution in [0.1, 0.15) is 27.2 Å². The van der Waals surface area contributed by atoms with Crippen molar-refractivity contribution in [1.29, 1.82) is 0 Å². The minimum absolute atomic E-state index is 0.0154. The van der Waals surface area contributed by atoms with Gasteiger partial charge in [-0.1, -0.05) is 42.0 Å². The van der Waals surface area contributed by atoms with Crippen LogP contribution in [-0.4, -0.2) is 28.0 Å². The van der Waals surface area contributed by atoms with E-state index in [2.05, 4.69) is 10.3 Å². The second-order valence-electron chi connectivity index (χ2n) is 9.43. The number of benzene rings is 2. The van der Waals surface area contributed by atoms with Gasteiger partial charge in [-0.2, -0.15) is 0 Å². The van der Waals surface area contributed by atoms with Gasteiger partial charge in [0.25, 0.3) is 5.56 Å². The molecule has 0 aliphatic heterocycles.